The second-order valence-corrected chi connectivity index (χ2v) is 8.21. The molecule has 1 heterocycles. The second kappa shape index (κ2) is 9.97. The maximum Gasteiger partial charge on any atom is 0.268 e. The lowest BCUT2D eigenvalue weighted by Gasteiger charge is -2.19. The van der Waals surface area contributed by atoms with Gasteiger partial charge in [0.1, 0.15) is 11.9 Å². The van der Waals surface area contributed by atoms with Crippen LogP contribution in [0.25, 0.3) is 11.1 Å². The summed E-state index contributed by atoms with van der Waals surface area (Å²) in [4.78, 5) is 26.2. The summed E-state index contributed by atoms with van der Waals surface area (Å²) in [7, 11) is 0. The lowest BCUT2D eigenvalue weighted by molar-refractivity contribution is -0.119. The summed E-state index contributed by atoms with van der Waals surface area (Å²) in [6.45, 7) is 1.93. The molecule has 34 heavy (non-hydrogen) atoms. The second-order valence-electron chi connectivity index (χ2n) is 7.81. The van der Waals surface area contributed by atoms with Crippen LogP contribution in [0.15, 0.2) is 83.8 Å². The molecule has 0 bridgehead atoms. The molecule has 0 radical (unpaired) electrons. The van der Waals surface area contributed by atoms with E-state index in [0.717, 1.165) is 40.2 Å². The third-order valence-corrected chi connectivity index (χ3v) is 5.64. The van der Waals surface area contributed by atoms with Crippen molar-refractivity contribution in [3.63, 3.8) is 0 Å². The number of anilines is 1. The summed E-state index contributed by atoms with van der Waals surface area (Å²) in [5.41, 5.74) is 1.21. The van der Waals surface area contributed by atoms with Gasteiger partial charge in [0.15, 0.2) is 5.82 Å². The van der Waals surface area contributed by atoms with Crippen LogP contribution in [0.4, 0.5) is 14.5 Å². The number of carbonyl (C=O) groups excluding carboxylic acids is 1. The predicted octanol–water partition coefficient (Wildman–Crippen LogP) is 5.57. The van der Waals surface area contributed by atoms with Gasteiger partial charge in [-0.05, 0) is 36.8 Å². The van der Waals surface area contributed by atoms with Crippen LogP contribution in [-0.4, -0.2) is 15.7 Å². The van der Waals surface area contributed by atoms with Crippen molar-refractivity contribution in [3.05, 3.63) is 117 Å². The molecule has 0 aliphatic rings. The summed E-state index contributed by atoms with van der Waals surface area (Å²) in [5.74, 6) is -2.31. The molecule has 1 amide bonds. The van der Waals surface area contributed by atoms with Crippen molar-refractivity contribution in [2.75, 3.05) is 5.32 Å². The summed E-state index contributed by atoms with van der Waals surface area (Å²) in [6.07, 6.45) is 1.33. The number of nitrogens with zero attached hydrogens (tertiary/aromatic N) is 2. The Bertz CT molecular complexity index is 1390. The van der Waals surface area contributed by atoms with Gasteiger partial charge in [-0.15, -0.1) is 0 Å². The van der Waals surface area contributed by atoms with E-state index in [1.165, 1.54) is 0 Å². The highest BCUT2D eigenvalue weighted by atomic mass is 35.5. The first-order valence-corrected chi connectivity index (χ1v) is 10.9. The lowest BCUT2D eigenvalue weighted by Crippen LogP contribution is -2.36. The molecule has 0 fully saturated rings. The predicted molar refractivity (Wildman–Crippen MR) is 128 cm³/mol. The van der Waals surface area contributed by atoms with Crippen LogP contribution in [0, 0.1) is 18.6 Å². The third-order valence-electron chi connectivity index (χ3n) is 5.35. The minimum absolute atomic E-state index is 0.0730. The molecule has 0 aliphatic heterocycles. The molecule has 1 atom stereocenters. The first-order valence-electron chi connectivity index (χ1n) is 10.5. The first kappa shape index (κ1) is 23.3. The van der Waals surface area contributed by atoms with E-state index in [1.807, 2.05) is 49.4 Å². The van der Waals surface area contributed by atoms with E-state index in [0.29, 0.717) is 5.69 Å². The monoisotopic (exact) mass is 479 g/mol. The summed E-state index contributed by atoms with van der Waals surface area (Å²) in [5, 5.41) is 6.64. The minimum atomic E-state index is -1.00. The van der Waals surface area contributed by atoms with Crippen molar-refractivity contribution in [1.29, 1.82) is 0 Å². The van der Waals surface area contributed by atoms with E-state index in [4.69, 9.17) is 11.6 Å². The highest BCUT2D eigenvalue weighted by Gasteiger charge is 2.25. The number of halogens is 3. The molecular formula is C26H20ClF2N3O2. The number of aromatic nitrogens is 2. The van der Waals surface area contributed by atoms with Crippen LogP contribution < -0.4 is 10.9 Å². The summed E-state index contributed by atoms with van der Waals surface area (Å²) in [6, 6.07) is 18.6. The third kappa shape index (κ3) is 5.05. The molecule has 1 unspecified atom stereocenters. The van der Waals surface area contributed by atoms with Gasteiger partial charge in [-0.1, -0.05) is 59.6 Å². The SMILES string of the molecule is Cc1ccc(NC(=O)C(Cc2ccccc2)n2ncc(-c3c(F)ccc(Cl)c3F)cc2=O)cc1. The molecule has 8 heteroatoms. The van der Waals surface area contributed by atoms with E-state index in [2.05, 4.69) is 10.4 Å². The normalized spacial score (nSPS) is 11.8. The zero-order valence-electron chi connectivity index (χ0n) is 18.1. The topological polar surface area (TPSA) is 64.0 Å². The van der Waals surface area contributed by atoms with Gasteiger partial charge >= 0.3 is 0 Å². The van der Waals surface area contributed by atoms with E-state index in [9.17, 15) is 18.4 Å². The Kier molecular flexibility index (Phi) is 6.84. The van der Waals surface area contributed by atoms with Gasteiger partial charge in [-0.25, -0.2) is 13.5 Å². The molecule has 4 aromatic rings. The highest BCUT2D eigenvalue weighted by molar-refractivity contribution is 6.31. The molecule has 0 aliphatic carbocycles. The van der Waals surface area contributed by atoms with Crippen LogP contribution in [0.5, 0.6) is 0 Å². The van der Waals surface area contributed by atoms with Gasteiger partial charge in [0.25, 0.3) is 5.56 Å². The van der Waals surface area contributed by atoms with Crippen LogP contribution in [-0.2, 0) is 11.2 Å². The first-order chi connectivity index (χ1) is 16.3. The largest absolute Gasteiger partial charge is 0.324 e. The number of nitrogens with one attached hydrogen (secondary N) is 1. The Balaban J connectivity index is 1.72. The Morgan fingerprint density at radius 1 is 1.06 bits per heavy atom. The van der Waals surface area contributed by atoms with E-state index >= 15 is 0 Å². The molecule has 0 saturated heterocycles. The lowest BCUT2D eigenvalue weighted by atomic mass is 10.0. The number of aryl methyl sites for hydroxylation is 1. The summed E-state index contributed by atoms with van der Waals surface area (Å²) >= 11 is 5.78. The van der Waals surface area contributed by atoms with Crippen molar-refractivity contribution in [1.82, 2.24) is 9.78 Å². The number of benzene rings is 3. The molecule has 172 valence electrons. The smallest absolute Gasteiger partial charge is 0.268 e. The van der Waals surface area contributed by atoms with Gasteiger partial charge < -0.3 is 5.32 Å². The maximum absolute atomic E-state index is 14.5. The Hall–Kier alpha value is -3.84. The zero-order chi connectivity index (χ0) is 24.2. The number of rotatable bonds is 6. The van der Waals surface area contributed by atoms with Crippen molar-refractivity contribution >= 4 is 23.2 Å². The quantitative estimate of drug-likeness (QED) is 0.367. The number of amides is 1. The Morgan fingerprint density at radius 2 is 1.76 bits per heavy atom. The molecule has 5 nitrogen and oxygen atoms in total. The van der Waals surface area contributed by atoms with Crippen LogP contribution in [0.1, 0.15) is 17.2 Å². The van der Waals surface area contributed by atoms with Gasteiger partial charge in [0.2, 0.25) is 5.91 Å². The Labute approximate surface area is 199 Å². The van der Waals surface area contributed by atoms with Gasteiger partial charge in [-0.3, -0.25) is 9.59 Å². The standard InChI is InChI=1S/C26H20ClF2N3O2/c1-16-7-9-19(10-8-16)31-26(34)22(13-17-5-3-2-4-6-17)32-23(33)14-18(15-30-32)24-21(28)12-11-20(27)25(24)29/h2-12,14-15,22H,13H2,1H3,(H,31,34). The van der Waals surface area contributed by atoms with E-state index in [-0.39, 0.29) is 17.0 Å². The van der Waals surface area contributed by atoms with Crippen molar-refractivity contribution in [3.8, 4) is 11.1 Å². The van der Waals surface area contributed by atoms with Crippen LogP contribution in [0.3, 0.4) is 0 Å². The molecular weight excluding hydrogens is 460 g/mol. The molecule has 0 saturated carbocycles. The molecule has 3 aromatic carbocycles. The van der Waals surface area contributed by atoms with Gasteiger partial charge in [0, 0.05) is 23.7 Å². The number of hydrogen-bond donors (Lipinski definition) is 1. The van der Waals surface area contributed by atoms with Gasteiger partial charge in [-0.2, -0.15) is 5.10 Å². The van der Waals surface area contributed by atoms with Gasteiger partial charge in [0.05, 0.1) is 16.8 Å². The Morgan fingerprint density at radius 3 is 2.44 bits per heavy atom. The molecule has 0 spiro atoms. The molecule has 1 aromatic heterocycles. The van der Waals surface area contributed by atoms with Crippen molar-refractivity contribution in [2.24, 2.45) is 0 Å². The van der Waals surface area contributed by atoms with Crippen LogP contribution in [0.2, 0.25) is 5.02 Å². The van der Waals surface area contributed by atoms with Crippen molar-refractivity contribution < 1.29 is 13.6 Å². The molecule has 4 rings (SSSR count). The molecule has 1 N–H and O–H groups in total. The fourth-order valence-electron chi connectivity index (χ4n) is 3.57. The summed E-state index contributed by atoms with van der Waals surface area (Å²) < 4.78 is 29.8. The van der Waals surface area contributed by atoms with E-state index < -0.39 is 34.7 Å². The maximum atomic E-state index is 14.5. The minimum Gasteiger partial charge on any atom is -0.324 e. The average molecular weight is 480 g/mol. The number of hydrogen-bond acceptors (Lipinski definition) is 3. The number of carbonyl (C=O) groups is 1. The highest BCUT2D eigenvalue weighted by Crippen LogP contribution is 2.29. The van der Waals surface area contributed by atoms with Crippen LogP contribution >= 0.6 is 11.6 Å². The fourth-order valence-corrected chi connectivity index (χ4v) is 3.73. The fraction of sp³-hybridized carbons (Fsp3) is 0.115. The van der Waals surface area contributed by atoms with Crippen molar-refractivity contribution in [2.45, 2.75) is 19.4 Å². The zero-order valence-corrected chi connectivity index (χ0v) is 18.9. The van der Waals surface area contributed by atoms with E-state index in [1.54, 1.807) is 12.1 Å². The average Bonchev–Trinajstić information content (AvgIpc) is 2.83.